The van der Waals surface area contributed by atoms with Crippen molar-refractivity contribution in [1.29, 1.82) is 0 Å². The number of aromatic nitrogens is 3. The van der Waals surface area contributed by atoms with Crippen molar-refractivity contribution in [2.45, 2.75) is 25.2 Å². The van der Waals surface area contributed by atoms with Gasteiger partial charge in [-0.25, -0.2) is 9.37 Å². The molecule has 3 rings (SSSR count). The van der Waals surface area contributed by atoms with Crippen LogP contribution in [0.2, 0.25) is 0 Å². The summed E-state index contributed by atoms with van der Waals surface area (Å²) in [6.45, 7) is 1.76. The Hall–Kier alpha value is -2.04. The van der Waals surface area contributed by atoms with Gasteiger partial charge in [-0.2, -0.15) is 0 Å². The van der Waals surface area contributed by atoms with E-state index in [4.69, 9.17) is 0 Å². The molecule has 0 aromatic carbocycles. The summed E-state index contributed by atoms with van der Waals surface area (Å²) < 4.78 is 13.1. The molecule has 4 nitrogen and oxygen atoms in total. The highest BCUT2D eigenvalue weighted by Gasteiger charge is 2.41. The van der Waals surface area contributed by atoms with E-state index in [-0.39, 0.29) is 23.2 Å². The first-order valence-corrected chi connectivity index (χ1v) is 5.82. The molecule has 2 aromatic rings. The number of rotatable bonds is 2. The second-order valence-corrected chi connectivity index (χ2v) is 4.64. The number of hydrogen-bond acceptors (Lipinski definition) is 3. The molecule has 92 valence electrons. The predicted octanol–water partition coefficient (Wildman–Crippen LogP) is 1.88. The zero-order valence-electron chi connectivity index (χ0n) is 9.85. The summed E-state index contributed by atoms with van der Waals surface area (Å²) in [6.07, 6.45) is 3.76. The van der Waals surface area contributed by atoms with Gasteiger partial charge in [0.15, 0.2) is 0 Å². The summed E-state index contributed by atoms with van der Waals surface area (Å²) in [5.41, 5.74) is 1.52. The van der Waals surface area contributed by atoms with Gasteiger partial charge in [-0.3, -0.25) is 9.78 Å². The molecule has 0 unspecified atom stereocenters. The summed E-state index contributed by atoms with van der Waals surface area (Å²) in [6, 6.07) is 3.02. The highest BCUT2D eigenvalue weighted by Crippen LogP contribution is 2.53. The summed E-state index contributed by atoms with van der Waals surface area (Å²) in [5.74, 6) is 0.713. The number of H-pyrrole nitrogens is 1. The smallest absolute Gasteiger partial charge is 0.251 e. The van der Waals surface area contributed by atoms with Crippen molar-refractivity contribution in [3.63, 3.8) is 0 Å². The third-order valence-electron chi connectivity index (χ3n) is 3.20. The monoisotopic (exact) mass is 245 g/mol. The van der Waals surface area contributed by atoms with Crippen LogP contribution in [0.1, 0.15) is 35.3 Å². The molecule has 2 atom stereocenters. The molecular formula is C13H12FN3O. The molecule has 1 N–H and O–H groups in total. The fourth-order valence-corrected chi connectivity index (χ4v) is 2.31. The molecule has 0 bridgehead atoms. The van der Waals surface area contributed by atoms with Crippen LogP contribution in [0.15, 0.2) is 29.3 Å². The van der Waals surface area contributed by atoms with Gasteiger partial charge in [-0.05, 0) is 30.9 Å². The minimum atomic E-state index is -0.326. The number of halogens is 1. The molecule has 1 saturated carbocycles. The first-order chi connectivity index (χ1) is 8.63. The van der Waals surface area contributed by atoms with E-state index in [2.05, 4.69) is 15.0 Å². The summed E-state index contributed by atoms with van der Waals surface area (Å²) in [7, 11) is 0. The van der Waals surface area contributed by atoms with E-state index in [9.17, 15) is 9.18 Å². The largest absolute Gasteiger partial charge is 0.311 e. The van der Waals surface area contributed by atoms with Crippen molar-refractivity contribution in [3.05, 3.63) is 57.8 Å². The molecular weight excluding hydrogens is 233 g/mol. The number of nitrogens with one attached hydrogen (secondary N) is 1. The van der Waals surface area contributed by atoms with E-state index >= 15 is 0 Å². The number of hydrogen-bond donors (Lipinski definition) is 1. The van der Waals surface area contributed by atoms with Crippen LogP contribution in [0.5, 0.6) is 0 Å². The van der Waals surface area contributed by atoms with Crippen LogP contribution in [0, 0.1) is 12.7 Å². The van der Waals surface area contributed by atoms with Crippen LogP contribution in [0.3, 0.4) is 0 Å². The normalized spacial score (nSPS) is 21.9. The average molecular weight is 245 g/mol. The van der Waals surface area contributed by atoms with E-state index in [0.717, 1.165) is 17.7 Å². The topological polar surface area (TPSA) is 58.6 Å². The predicted molar refractivity (Wildman–Crippen MR) is 63.9 cm³/mol. The SMILES string of the molecule is Cc1nc([C@H]2C[C@@H]2c2cncc(F)c2)cc(=O)[nH]1. The van der Waals surface area contributed by atoms with Gasteiger partial charge in [0, 0.05) is 18.2 Å². The quantitative estimate of drug-likeness (QED) is 0.878. The maximum Gasteiger partial charge on any atom is 0.251 e. The average Bonchev–Trinajstić information content (AvgIpc) is 3.07. The fourth-order valence-electron chi connectivity index (χ4n) is 2.31. The molecule has 1 aliphatic rings. The van der Waals surface area contributed by atoms with Gasteiger partial charge in [-0.1, -0.05) is 0 Å². The summed E-state index contributed by atoms with van der Waals surface area (Å²) in [4.78, 5) is 22.2. The van der Waals surface area contributed by atoms with Gasteiger partial charge in [0.1, 0.15) is 11.6 Å². The second-order valence-electron chi connectivity index (χ2n) is 4.64. The Morgan fingerprint density at radius 1 is 1.33 bits per heavy atom. The molecule has 0 spiro atoms. The van der Waals surface area contributed by atoms with E-state index in [1.165, 1.54) is 18.3 Å². The van der Waals surface area contributed by atoms with Crippen LogP contribution in [0.25, 0.3) is 0 Å². The lowest BCUT2D eigenvalue weighted by Gasteiger charge is -2.01. The first kappa shape index (κ1) is 11.1. The third kappa shape index (κ3) is 2.03. The van der Waals surface area contributed by atoms with Crippen LogP contribution in [0.4, 0.5) is 4.39 Å². The van der Waals surface area contributed by atoms with Gasteiger partial charge in [0.2, 0.25) is 0 Å². The summed E-state index contributed by atoms with van der Waals surface area (Å²) in [5, 5.41) is 0. The lowest BCUT2D eigenvalue weighted by molar-refractivity contribution is 0.618. The molecule has 0 amide bonds. The Kier molecular flexibility index (Phi) is 2.47. The Bertz CT molecular complexity index is 653. The van der Waals surface area contributed by atoms with E-state index in [1.54, 1.807) is 13.1 Å². The molecule has 1 aliphatic carbocycles. The van der Waals surface area contributed by atoms with E-state index < -0.39 is 0 Å². The molecule has 18 heavy (non-hydrogen) atoms. The van der Waals surface area contributed by atoms with Crippen molar-refractivity contribution in [2.24, 2.45) is 0 Å². The highest BCUT2D eigenvalue weighted by molar-refractivity contribution is 5.31. The molecule has 2 heterocycles. The zero-order chi connectivity index (χ0) is 12.7. The summed E-state index contributed by atoms with van der Waals surface area (Å²) >= 11 is 0. The maximum absolute atomic E-state index is 13.1. The number of aryl methyl sites for hydroxylation is 1. The molecule has 2 aromatic heterocycles. The lowest BCUT2D eigenvalue weighted by atomic mass is 10.1. The minimum absolute atomic E-state index is 0.138. The van der Waals surface area contributed by atoms with Crippen LogP contribution in [-0.2, 0) is 0 Å². The van der Waals surface area contributed by atoms with Crippen molar-refractivity contribution in [3.8, 4) is 0 Å². The van der Waals surface area contributed by atoms with Gasteiger partial charge in [0.05, 0.1) is 11.9 Å². The van der Waals surface area contributed by atoms with Crippen molar-refractivity contribution >= 4 is 0 Å². The van der Waals surface area contributed by atoms with Gasteiger partial charge < -0.3 is 4.98 Å². The fraction of sp³-hybridized carbons (Fsp3) is 0.308. The Morgan fingerprint density at radius 2 is 2.17 bits per heavy atom. The minimum Gasteiger partial charge on any atom is -0.311 e. The van der Waals surface area contributed by atoms with Crippen LogP contribution in [-0.4, -0.2) is 15.0 Å². The Labute approximate surface area is 103 Å². The van der Waals surface area contributed by atoms with E-state index in [1.807, 2.05) is 0 Å². The Balaban J connectivity index is 1.87. The van der Waals surface area contributed by atoms with Gasteiger partial charge >= 0.3 is 0 Å². The van der Waals surface area contributed by atoms with Crippen LogP contribution >= 0.6 is 0 Å². The highest BCUT2D eigenvalue weighted by atomic mass is 19.1. The molecule has 0 aliphatic heterocycles. The van der Waals surface area contributed by atoms with Gasteiger partial charge in [-0.15, -0.1) is 0 Å². The van der Waals surface area contributed by atoms with Crippen molar-refractivity contribution in [1.82, 2.24) is 15.0 Å². The first-order valence-electron chi connectivity index (χ1n) is 5.82. The van der Waals surface area contributed by atoms with Gasteiger partial charge in [0.25, 0.3) is 5.56 Å². The third-order valence-corrected chi connectivity index (χ3v) is 3.20. The number of nitrogens with zero attached hydrogens (tertiary/aromatic N) is 2. The lowest BCUT2D eigenvalue weighted by Crippen LogP contribution is -2.10. The van der Waals surface area contributed by atoms with Crippen molar-refractivity contribution < 1.29 is 4.39 Å². The standard InChI is InChI=1S/C13H12FN3O/c1-7-16-12(4-13(18)17-7)11-3-10(11)8-2-9(14)6-15-5-8/h2,4-6,10-11H,3H2,1H3,(H,16,17,18)/t10-,11+/m1/s1. The maximum atomic E-state index is 13.1. The zero-order valence-corrected chi connectivity index (χ0v) is 9.85. The van der Waals surface area contributed by atoms with E-state index in [0.29, 0.717) is 5.82 Å². The second kappa shape index (κ2) is 4.01. The Morgan fingerprint density at radius 3 is 2.89 bits per heavy atom. The van der Waals surface area contributed by atoms with Crippen molar-refractivity contribution in [2.75, 3.05) is 0 Å². The molecule has 5 heteroatoms. The number of aromatic amines is 1. The van der Waals surface area contributed by atoms with Crippen LogP contribution < -0.4 is 5.56 Å². The molecule has 0 radical (unpaired) electrons. The number of pyridine rings is 1. The molecule has 0 saturated heterocycles. The molecule has 1 fully saturated rings.